The molecule has 1 N–H and O–H groups in total. The van der Waals surface area contributed by atoms with Crippen molar-refractivity contribution in [2.45, 2.75) is 32.0 Å². The number of halogens is 1. The summed E-state index contributed by atoms with van der Waals surface area (Å²) in [6.45, 7) is 0.686. The van der Waals surface area contributed by atoms with E-state index in [1.165, 1.54) is 18.2 Å². The first kappa shape index (κ1) is 11.2. The molecule has 88 valence electrons. The van der Waals surface area contributed by atoms with Gasteiger partial charge in [0.2, 0.25) is 0 Å². The fourth-order valence-electron chi connectivity index (χ4n) is 1.69. The molecular formula is C12H15FO3. The molecule has 0 saturated carbocycles. The molecule has 1 unspecified atom stereocenters. The van der Waals surface area contributed by atoms with E-state index in [-0.39, 0.29) is 12.0 Å². The molecule has 1 aliphatic heterocycles. The monoisotopic (exact) mass is 226 g/mol. The van der Waals surface area contributed by atoms with E-state index in [1.54, 1.807) is 0 Å². The quantitative estimate of drug-likeness (QED) is 0.842. The van der Waals surface area contributed by atoms with Crippen molar-refractivity contribution in [3.8, 4) is 11.5 Å². The van der Waals surface area contributed by atoms with E-state index in [0.29, 0.717) is 12.4 Å². The summed E-state index contributed by atoms with van der Waals surface area (Å²) in [5, 5.41) is 9.03. The lowest BCUT2D eigenvalue weighted by Gasteiger charge is -2.17. The standard InChI is InChI=1S/C12H15FO3/c13-10-8-9(5-6-11(10)14)16-12-4-2-1-3-7-15-12/h5-6,8,12,14H,1-4,7H2. The van der Waals surface area contributed by atoms with Crippen LogP contribution in [-0.2, 0) is 4.74 Å². The highest BCUT2D eigenvalue weighted by Gasteiger charge is 2.14. The van der Waals surface area contributed by atoms with Crippen LogP contribution in [0.25, 0.3) is 0 Å². The summed E-state index contributed by atoms with van der Waals surface area (Å²) >= 11 is 0. The van der Waals surface area contributed by atoms with Crippen LogP contribution in [0.2, 0.25) is 0 Å². The van der Waals surface area contributed by atoms with Gasteiger partial charge in [-0.2, -0.15) is 0 Å². The van der Waals surface area contributed by atoms with Crippen molar-refractivity contribution in [3.05, 3.63) is 24.0 Å². The Balaban J connectivity index is 1.99. The molecule has 0 aromatic heterocycles. The van der Waals surface area contributed by atoms with Crippen LogP contribution < -0.4 is 4.74 Å². The van der Waals surface area contributed by atoms with Gasteiger partial charge in [-0.1, -0.05) is 6.42 Å². The summed E-state index contributed by atoms with van der Waals surface area (Å²) in [7, 11) is 0. The highest BCUT2D eigenvalue weighted by atomic mass is 19.1. The van der Waals surface area contributed by atoms with Crippen LogP contribution in [0, 0.1) is 5.82 Å². The molecule has 0 spiro atoms. The van der Waals surface area contributed by atoms with E-state index < -0.39 is 5.82 Å². The number of hydrogen-bond acceptors (Lipinski definition) is 3. The summed E-state index contributed by atoms with van der Waals surface area (Å²) in [6, 6.07) is 3.98. The SMILES string of the molecule is Oc1ccc(OC2CCCCCO2)cc1F. The molecule has 1 saturated heterocycles. The van der Waals surface area contributed by atoms with Crippen LogP contribution in [0.15, 0.2) is 18.2 Å². The molecule has 1 aromatic carbocycles. The molecular weight excluding hydrogens is 211 g/mol. The Morgan fingerprint density at radius 1 is 1.31 bits per heavy atom. The first-order valence-electron chi connectivity index (χ1n) is 5.52. The molecule has 3 nitrogen and oxygen atoms in total. The van der Waals surface area contributed by atoms with E-state index in [2.05, 4.69) is 0 Å². The zero-order valence-electron chi connectivity index (χ0n) is 8.99. The maximum Gasteiger partial charge on any atom is 0.199 e. The summed E-state index contributed by atoms with van der Waals surface area (Å²) in [6.07, 6.45) is 3.77. The lowest BCUT2D eigenvalue weighted by atomic mass is 10.2. The molecule has 0 radical (unpaired) electrons. The third-order valence-corrected chi connectivity index (χ3v) is 2.57. The summed E-state index contributed by atoms with van der Waals surface area (Å²) < 4.78 is 24.0. The van der Waals surface area contributed by atoms with Gasteiger partial charge in [0.25, 0.3) is 0 Å². The zero-order chi connectivity index (χ0) is 11.4. The average molecular weight is 226 g/mol. The van der Waals surface area contributed by atoms with Crippen LogP contribution in [0.3, 0.4) is 0 Å². The Morgan fingerprint density at radius 3 is 3.00 bits per heavy atom. The van der Waals surface area contributed by atoms with Crippen molar-refractivity contribution in [1.29, 1.82) is 0 Å². The van der Waals surface area contributed by atoms with Crippen molar-refractivity contribution in [1.82, 2.24) is 0 Å². The van der Waals surface area contributed by atoms with Crippen molar-refractivity contribution in [2.24, 2.45) is 0 Å². The number of aromatic hydroxyl groups is 1. The van der Waals surface area contributed by atoms with Crippen molar-refractivity contribution in [3.63, 3.8) is 0 Å². The van der Waals surface area contributed by atoms with Crippen molar-refractivity contribution in [2.75, 3.05) is 6.61 Å². The molecule has 1 fully saturated rings. The maximum absolute atomic E-state index is 13.0. The molecule has 1 aromatic rings. The van der Waals surface area contributed by atoms with E-state index >= 15 is 0 Å². The molecule has 16 heavy (non-hydrogen) atoms. The second-order valence-corrected chi connectivity index (χ2v) is 3.88. The van der Waals surface area contributed by atoms with Gasteiger partial charge in [-0.25, -0.2) is 4.39 Å². The topological polar surface area (TPSA) is 38.7 Å². The number of benzene rings is 1. The molecule has 1 atom stereocenters. The fourth-order valence-corrected chi connectivity index (χ4v) is 1.69. The molecule has 0 bridgehead atoms. The second kappa shape index (κ2) is 5.16. The number of ether oxygens (including phenoxy) is 2. The predicted octanol–water partition coefficient (Wildman–Crippen LogP) is 2.83. The van der Waals surface area contributed by atoms with E-state index in [0.717, 1.165) is 25.7 Å². The Hall–Kier alpha value is -1.29. The summed E-state index contributed by atoms with van der Waals surface area (Å²) in [5.74, 6) is -0.651. The molecule has 4 heteroatoms. The molecule has 1 heterocycles. The van der Waals surface area contributed by atoms with E-state index in [9.17, 15) is 4.39 Å². The van der Waals surface area contributed by atoms with Gasteiger partial charge < -0.3 is 14.6 Å². The molecule has 0 aliphatic carbocycles. The average Bonchev–Trinajstić information content (AvgIpc) is 2.52. The van der Waals surface area contributed by atoms with Crippen LogP contribution in [0.4, 0.5) is 4.39 Å². The van der Waals surface area contributed by atoms with E-state index in [4.69, 9.17) is 14.6 Å². The van der Waals surface area contributed by atoms with Crippen molar-refractivity contribution >= 4 is 0 Å². The van der Waals surface area contributed by atoms with Gasteiger partial charge in [-0.3, -0.25) is 0 Å². The minimum atomic E-state index is -0.675. The number of phenolic OH excluding ortho intramolecular Hbond substituents is 1. The third kappa shape index (κ3) is 2.85. The van der Waals surface area contributed by atoms with Gasteiger partial charge in [0.05, 0.1) is 6.61 Å². The second-order valence-electron chi connectivity index (χ2n) is 3.88. The van der Waals surface area contributed by atoms with Gasteiger partial charge in [0.1, 0.15) is 5.75 Å². The first-order valence-corrected chi connectivity index (χ1v) is 5.52. The van der Waals surface area contributed by atoms with Gasteiger partial charge in [-0.15, -0.1) is 0 Å². The predicted molar refractivity (Wildman–Crippen MR) is 56.9 cm³/mol. The van der Waals surface area contributed by atoms with Gasteiger partial charge in [0.15, 0.2) is 17.9 Å². The maximum atomic E-state index is 13.0. The minimum Gasteiger partial charge on any atom is -0.505 e. The smallest absolute Gasteiger partial charge is 0.199 e. The Kier molecular flexibility index (Phi) is 3.62. The van der Waals surface area contributed by atoms with Gasteiger partial charge >= 0.3 is 0 Å². The number of phenols is 1. The Bertz CT molecular complexity index is 346. The Morgan fingerprint density at radius 2 is 2.19 bits per heavy atom. The minimum absolute atomic E-state index is 0.300. The zero-order valence-corrected chi connectivity index (χ0v) is 8.99. The van der Waals surface area contributed by atoms with Crippen molar-refractivity contribution < 1.29 is 19.0 Å². The fraction of sp³-hybridized carbons (Fsp3) is 0.500. The largest absolute Gasteiger partial charge is 0.505 e. The third-order valence-electron chi connectivity index (χ3n) is 2.57. The van der Waals surface area contributed by atoms with Gasteiger partial charge in [-0.05, 0) is 25.0 Å². The lowest BCUT2D eigenvalue weighted by Crippen LogP contribution is -2.19. The normalized spacial score (nSPS) is 21.4. The van der Waals surface area contributed by atoms with Gasteiger partial charge in [0, 0.05) is 12.5 Å². The van der Waals surface area contributed by atoms with Crippen LogP contribution in [0.5, 0.6) is 11.5 Å². The highest BCUT2D eigenvalue weighted by molar-refractivity contribution is 5.32. The molecule has 0 amide bonds. The molecule has 2 rings (SSSR count). The highest BCUT2D eigenvalue weighted by Crippen LogP contribution is 2.24. The molecule has 1 aliphatic rings. The first-order chi connectivity index (χ1) is 7.75. The van der Waals surface area contributed by atoms with E-state index in [1.807, 2.05) is 0 Å². The lowest BCUT2D eigenvalue weighted by molar-refractivity contribution is -0.0769. The number of hydrogen-bond donors (Lipinski definition) is 1. The summed E-state index contributed by atoms with van der Waals surface area (Å²) in [5.41, 5.74) is 0. The number of rotatable bonds is 2. The van der Waals surface area contributed by atoms with Crippen LogP contribution in [-0.4, -0.2) is 18.0 Å². The summed E-state index contributed by atoms with van der Waals surface area (Å²) in [4.78, 5) is 0. The van der Waals surface area contributed by atoms with Crippen LogP contribution >= 0.6 is 0 Å². The Labute approximate surface area is 93.8 Å². The van der Waals surface area contributed by atoms with Crippen LogP contribution in [0.1, 0.15) is 25.7 Å².